The second kappa shape index (κ2) is 6.89. The molecule has 2 heterocycles. The number of nitrogens with zero attached hydrogens (tertiary/aromatic N) is 3. The van der Waals surface area contributed by atoms with E-state index in [1.54, 1.807) is 29.8 Å². The molecule has 0 aliphatic rings. The summed E-state index contributed by atoms with van der Waals surface area (Å²) in [4.78, 5) is 28.6. The number of carboxylic acids is 1. The van der Waals surface area contributed by atoms with Crippen molar-refractivity contribution in [2.45, 2.75) is 40.7 Å². The summed E-state index contributed by atoms with van der Waals surface area (Å²) in [6.07, 6.45) is 0.524. The third kappa shape index (κ3) is 3.32. The minimum absolute atomic E-state index is 0.103. The van der Waals surface area contributed by atoms with Gasteiger partial charge in [0, 0.05) is 19.2 Å². The van der Waals surface area contributed by atoms with E-state index < -0.39 is 17.3 Å². The predicted molar refractivity (Wildman–Crippen MR) is 106 cm³/mol. The molecule has 0 aliphatic carbocycles. The monoisotopic (exact) mass is 385 g/mol. The van der Waals surface area contributed by atoms with Crippen molar-refractivity contribution in [3.8, 4) is 11.3 Å². The number of hydrogen-bond donors (Lipinski definition) is 1. The molecule has 0 unspecified atom stereocenters. The number of carbonyl (C=O) groups is 1. The molecule has 3 rings (SSSR count). The van der Waals surface area contributed by atoms with Crippen molar-refractivity contribution in [2.75, 3.05) is 0 Å². The van der Waals surface area contributed by atoms with Crippen molar-refractivity contribution in [3.05, 3.63) is 51.7 Å². The third-order valence-electron chi connectivity index (χ3n) is 4.71. The van der Waals surface area contributed by atoms with E-state index in [-0.39, 0.29) is 16.7 Å². The van der Waals surface area contributed by atoms with Crippen molar-refractivity contribution >= 4 is 17.1 Å². The summed E-state index contributed by atoms with van der Waals surface area (Å²) in [6.45, 7) is 8.52. The Morgan fingerprint density at radius 2 is 1.89 bits per heavy atom. The minimum Gasteiger partial charge on any atom is -0.478 e. The second-order valence-corrected chi connectivity index (χ2v) is 8.15. The van der Waals surface area contributed by atoms with Crippen LogP contribution in [0, 0.1) is 11.2 Å². The van der Waals surface area contributed by atoms with Gasteiger partial charge in [0.1, 0.15) is 5.82 Å². The number of halogens is 1. The number of aromatic nitrogens is 3. The smallest absolute Gasteiger partial charge is 0.338 e. The summed E-state index contributed by atoms with van der Waals surface area (Å²) >= 11 is 0. The number of aromatic carboxylic acids is 1. The Kier molecular flexibility index (Phi) is 4.87. The first-order valence-electron chi connectivity index (χ1n) is 9.16. The van der Waals surface area contributed by atoms with E-state index in [2.05, 4.69) is 4.98 Å². The van der Waals surface area contributed by atoms with Crippen molar-refractivity contribution in [3.63, 3.8) is 0 Å². The Morgan fingerprint density at radius 1 is 1.21 bits per heavy atom. The van der Waals surface area contributed by atoms with Gasteiger partial charge < -0.3 is 5.11 Å². The van der Waals surface area contributed by atoms with Crippen LogP contribution in [0.2, 0.25) is 0 Å². The quantitative estimate of drug-likeness (QED) is 0.740. The molecule has 7 heteroatoms. The van der Waals surface area contributed by atoms with Crippen molar-refractivity contribution in [1.82, 2.24) is 14.1 Å². The predicted octanol–water partition coefficient (Wildman–Crippen LogP) is 3.85. The number of imidazole rings is 1. The van der Waals surface area contributed by atoms with Crippen LogP contribution in [0.3, 0.4) is 0 Å². The van der Waals surface area contributed by atoms with Gasteiger partial charge in [-0.2, -0.15) is 0 Å². The molecule has 0 atom stereocenters. The zero-order valence-corrected chi connectivity index (χ0v) is 16.7. The summed E-state index contributed by atoms with van der Waals surface area (Å²) < 4.78 is 18.1. The van der Waals surface area contributed by atoms with Gasteiger partial charge in [0.25, 0.3) is 0 Å². The lowest BCUT2D eigenvalue weighted by Crippen LogP contribution is -2.27. The topological polar surface area (TPSA) is 77.1 Å². The lowest BCUT2D eigenvalue weighted by Gasteiger charge is -2.18. The van der Waals surface area contributed by atoms with Gasteiger partial charge in [-0.3, -0.25) is 9.13 Å². The van der Waals surface area contributed by atoms with Crippen LogP contribution in [-0.2, 0) is 20.0 Å². The zero-order chi connectivity index (χ0) is 20.8. The van der Waals surface area contributed by atoms with Crippen LogP contribution in [-0.4, -0.2) is 25.2 Å². The first-order valence-corrected chi connectivity index (χ1v) is 9.16. The molecule has 0 aliphatic heterocycles. The molecule has 0 bridgehead atoms. The molecule has 0 radical (unpaired) electrons. The summed E-state index contributed by atoms with van der Waals surface area (Å²) in [6, 6.07) is 6.27. The van der Waals surface area contributed by atoms with Crippen molar-refractivity contribution in [1.29, 1.82) is 0 Å². The highest BCUT2D eigenvalue weighted by molar-refractivity contribution is 5.90. The molecule has 1 aromatic carbocycles. The normalized spacial score (nSPS) is 11.9. The highest BCUT2D eigenvalue weighted by Gasteiger charge is 2.22. The number of hydrogen-bond acceptors (Lipinski definition) is 3. The number of rotatable bonds is 4. The minimum atomic E-state index is -1.33. The summed E-state index contributed by atoms with van der Waals surface area (Å²) in [7, 11) is 1.63. The highest BCUT2D eigenvalue weighted by atomic mass is 19.1. The van der Waals surface area contributed by atoms with Gasteiger partial charge in [-0.1, -0.05) is 33.8 Å². The van der Waals surface area contributed by atoms with E-state index in [4.69, 9.17) is 0 Å². The molecule has 0 amide bonds. The Balaban J connectivity index is 2.28. The molecule has 0 spiro atoms. The number of pyridine rings is 1. The number of benzene rings is 1. The highest BCUT2D eigenvalue weighted by Crippen LogP contribution is 2.30. The Hall–Kier alpha value is -2.96. The lowest BCUT2D eigenvalue weighted by atomic mass is 9.96. The Bertz CT molecular complexity index is 1140. The first kappa shape index (κ1) is 19.8. The van der Waals surface area contributed by atoms with Gasteiger partial charge in [0.2, 0.25) is 0 Å². The Labute approximate surface area is 162 Å². The molecule has 2 aromatic heterocycles. The third-order valence-corrected chi connectivity index (χ3v) is 4.71. The summed E-state index contributed by atoms with van der Waals surface area (Å²) in [5.74, 6) is -2.14. The van der Waals surface area contributed by atoms with Crippen LogP contribution in [0.1, 0.15) is 43.6 Å². The van der Waals surface area contributed by atoms with Gasteiger partial charge >= 0.3 is 11.7 Å². The maximum Gasteiger partial charge on any atom is 0.338 e. The van der Waals surface area contributed by atoms with Gasteiger partial charge in [-0.05, 0) is 35.6 Å². The van der Waals surface area contributed by atoms with Gasteiger partial charge in [-0.15, -0.1) is 0 Å². The number of aryl methyl sites for hydroxylation is 2. The van der Waals surface area contributed by atoms with Gasteiger partial charge in [0.05, 0.1) is 16.8 Å². The number of fused-ring (bicyclic) bond motifs is 1. The molecule has 3 aromatic rings. The maximum absolute atomic E-state index is 15.0. The van der Waals surface area contributed by atoms with Crippen LogP contribution in [0.4, 0.5) is 4.39 Å². The maximum atomic E-state index is 15.0. The average Bonchev–Trinajstić information content (AvgIpc) is 2.84. The fourth-order valence-corrected chi connectivity index (χ4v) is 3.39. The molecular weight excluding hydrogens is 361 g/mol. The fraction of sp³-hybridized carbons (Fsp3) is 0.381. The standard InChI is InChI=1S/C21H24FN3O3/c1-6-12-7-8-13(19(26)27)17(22)16(12)14-9-10-15-18(23-14)24(5)20(28)25(15)11-21(2,3)4/h7-10H,6,11H2,1-5H3,(H,26,27). The van der Waals surface area contributed by atoms with E-state index in [1.165, 1.54) is 10.6 Å². The van der Waals surface area contributed by atoms with Crippen LogP contribution < -0.4 is 5.69 Å². The van der Waals surface area contributed by atoms with E-state index in [0.29, 0.717) is 35.4 Å². The van der Waals surface area contributed by atoms with Crippen molar-refractivity contribution < 1.29 is 14.3 Å². The van der Waals surface area contributed by atoms with Crippen LogP contribution in [0.25, 0.3) is 22.4 Å². The SMILES string of the molecule is CCc1ccc(C(=O)O)c(F)c1-c1ccc2c(n1)n(C)c(=O)n2CC(C)(C)C. The first-order chi connectivity index (χ1) is 13.0. The van der Waals surface area contributed by atoms with Gasteiger partial charge in [-0.25, -0.2) is 19.0 Å². The fourth-order valence-electron chi connectivity index (χ4n) is 3.39. The van der Waals surface area contributed by atoms with Crippen LogP contribution >= 0.6 is 0 Å². The average molecular weight is 385 g/mol. The molecular formula is C21H24FN3O3. The summed E-state index contributed by atoms with van der Waals surface area (Å²) in [5, 5.41) is 9.26. The zero-order valence-electron chi connectivity index (χ0n) is 16.7. The van der Waals surface area contributed by atoms with E-state index in [0.717, 1.165) is 0 Å². The van der Waals surface area contributed by atoms with E-state index >= 15 is 0 Å². The van der Waals surface area contributed by atoms with E-state index in [9.17, 15) is 19.1 Å². The van der Waals surface area contributed by atoms with Crippen molar-refractivity contribution in [2.24, 2.45) is 12.5 Å². The molecule has 28 heavy (non-hydrogen) atoms. The van der Waals surface area contributed by atoms with Gasteiger partial charge in [0.15, 0.2) is 5.65 Å². The largest absolute Gasteiger partial charge is 0.478 e. The molecule has 0 saturated heterocycles. The summed E-state index contributed by atoms with van der Waals surface area (Å²) in [5.41, 5.74) is 1.56. The number of carboxylic acid groups (broad SMARTS) is 1. The molecule has 0 fully saturated rings. The molecule has 1 N–H and O–H groups in total. The lowest BCUT2D eigenvalue weighted by molar-refractivity contribution is 0.0692. The molecule has 148 valence electrons. The van der Waals surface area contributed by atoms with Crippen LogP contribution in [0.5, 0.6) is 0 Å². The second-order valence-electron chi connectivity index (χ2n) is 8.15. The molecule has 6 nitrogen and oxygen atoms in total. The molecule has 0 saturated carbocycles. The van der Waals surface area contributed by atoms with E-state index in [1.807, 2.05) is 27.7 Å². The van der Waals surface area contributed by atoms with Crippen LogP contribution in [0.15, 0.2) is 29.1 Å². The Morgan fingerprint density at radius 3 is 2.46 bits per heavy atom.